The third kappa shape index (κ3) is 2.10. The van der Waals surface area contributed by atoms with Gasteiger partial charge < -0.3 is 5.11 Å². The summed E-state index contributed by atoms with van der Waals surface area (Å²) in [6.07, 6.45) is 2.14. The molecule has 1 aliphatic carbocycles. The Balaban J connectivity index is 2.25. The average molecular weight is 204 g/mol. The number of carbonyl (C=O) groups excluding carboxylic acids is 1. The van der Waals surface area contributed by atoms with Crippen LogP contribution in [-0.4, -0.2) is 10.9 Å². The zero-order valence-corrected chi connectivity index (χ0v) is 8.99. The number of hydrogen-bond donors (Lipinski definition) is 1. The molecule has 1 fully saturated rings. The molecule has 1 aliphatic rings. The van der Waals surface area contributed by atoms with Crippen LogP contribution in [0.25, 0.3) is 0 Å². The number of carbonyl (C=O) groups is 1. The summed E-state index contributed by atoms with van der Waals surface area (Å²) in [5, 5.41) is 10.4. The van der Waals surface area contributed by atoms with E-state index in [0.29, 0.717) is 25.7 Å². The van der Waals surface area contributed by atoms with Crippen LogP contribution in [0.3, 0.4) is 0 Å². The van der Waals surface area contributed by atoms with Crippen molar-refractivity contribution in [1.82, 2.24) is 0 Å². The first-order valence-corrected chi connectivity index (χ1v) is 5.41. The highest BCUT2D eigenvalue weighted by Crippen LogP contribution is 2.35. The van der Waals surface area contributed by atoms with Gasteiger partial charge in [0.2, 0.25) is 0 Å². The van der Waals surface area contributed by atoms with Crippen molar-refractivity contribution in [3.8, 4) is 0 Å². The van der Waals surface area contributed by atoms with Crippen LogP contribution in [0.4, 0.5) is 0 Å². The Hall–Kier alpha value is -1.15. The predicted octanol–water partition coefficient (Wildman–Crippen LogP) is 2.33. The molecule has 2 rings (SSSR count). The molecule has 15 heavy (non-hydrogen) atoms. The van der Waals surface area contributed by atoms with E-state index in [1.54, 1.807) is 0 Å². The van der Waals surface area contributed by atoms with Crippen LogP contribution in [0.15, 0.2) is 24.3 Å². The number of Topliss-reactive ketones (excluding diaryl/α,β-unsaturated/α-hetero) is 1. The molecule has 0 aliphatic heterocycles. The van der Waals surface area contributed by atoms with Crippen LogP contribution in [0, 0.1) is 6.92 Å². The molecule has 0 spiro atoms. The Morgan fingerprint density at radius 3 is 2.53 bits per heavy atom. The number of aliphatic hydroxyl groups is 1. The Kier molecular flexibility index (Phi) is 2.61. The maximum atomic E-state index is 11.1. The SMILES string of the molecule is Cc1cccc(C2(O)CCC(=O)CC2)c1. The number of ketones is 1. The minimum absolute atomic E-state index is 0.271. The van der Waals surface area contributed by atoms with Crippen molar-refractivity contribution < 1.29 is 9.90 Å². The summed E-state index contributed by atoms with van der Waals surface area (Å²) >= 11 is 0. The van der Waals surface area contributed by atoms with E-state index in [2.05, 4.69) is 0 Å². The number of hydrogen-bond acceptors (Lipinski definition) is 2. The molecule has 0 atom stereocenters. The molecule has 1 aromatic rings. The maximum absolute atomic E-state index is 11.1. The van der Waals surface area contributed by atoms with Gasteiger partial charge in [0.15, 0.2) is 0 Å². The van der Waals surface area contributed by atoms with Crippen molar-refractivity contribution >= 4 is 5.78 Å². The summed E-state index contributed by atoms with van der Waals surface area (Å²) < 4.78 is 0. The van der Waals surface area contributed by atoms with E-state index in [1.165, 1.54) is 0 Å². The molecule has 0 unspecified atom stereocenters. The summed E-state index contributed by atoms with van der Waals surface area (Å²) in [5.41, 5.74) is 1.33. The fourth-order valence-corrected chi connectivity index (χ4v) is 2.17. The Morgan fingerprint density at radius 2 is 1.93 bits per heavy atom. The van der Waals surface area contributed by atoms with Gasteiger partial charge in [0.1, 0.15) is 5.78 Å². The molecule has 2 nitrogen and oxygen atoms in total. The third-order valence-corrected chi connectivity index (χ3v) is 3.19. The molecule has 1 aromatic carbocycles. The van der Waals surface area contributed by atoms with Gasteiger partial charge in [-0.2, -0.15) is 0 Å². The second-order valence-electron chi connectivity index (χ2n) is 4.44. The van der Waals surface area contributed by atoms with Gasteiger partial charge in [0, 0.05) is 12.8 Å². The lowest BCUT2D eigenvalue weighted by Crippen LogP contribution is -2.31. The van der Waals surface area contributed by atoms with Crippen molar-refractivity contribution in [2.45, 2.75) is 38.2 Å². The van der Waals surface area contributed by atoms with Gasteiger partial charge in [-0.3, -0.25) is 4.79 Å². The van der Waals surface area contributed by atoms with Crippen molar-refractivity contribution in [2.75, 3.05) is 0 Å². The first-order valence-electron chi connectivity index (χ1n) is 5.41. The molecule has 0 saturated heterocycles. The average Bonchev–Trinajstić information content (AvgIpc) is 2.23. The number of aryl methyl sites for hydroxylation is 1. The summed E-state index contributed by atoms with van der Waals surface area (Å²) in [5.74, 6) is 0.271. The van der Waals surface area contributed by atoms with Gasteiger partial charge in [-0.25, -0.2) is 0 Å². The largest absolute Gasteiger partial charge is 0.385 e. The maximum Gasteiger partial charge on any atom is 0.133 e. The molecular weight excluding hydrogens is 188 g/mol. The molecule has 0 heterocycles. The topological polar surface area (TPSA) is 37.3 Å². The highest BCUT2D eigenvalue weighted by atomic mass is 16.3. The number of benzene rings is 1. The number of rotatable bonds is 1. The zero-order chi connectivity index (χ0) is 10.9. The molecule has 1 N–H and O–H groups in total. The predicted molar refractivity (Wildman–Crippen MR) is 58.6 cm³/mol. The van der Waals surface area contributed by atoms with Crippen molar-refractivity contribution in [1.29, 1.82) is 0 Å². The van der Waals surface area contributed by atoms with Gasteiger partial charge in [-0.15, -0.1) is 0 Å². The standard InChI is InChI=1S/C13H16O2/c1-10-3-2-4-11(9-10)13(15)7-5-12(14)6-8-13/h2-4,9,15H,5-8H2,1H3. The highest BCUT2D eigenvalue weighted by molar-refractivity contribution is 5.79. The molecule has 0 amide bonds. The lowest BCUT2D eigenvalue weighted by atomic mass is 9.79. The van der Waals surface area contributed by atoms with Crippen molar-refractivity contribution in [3.63, 3.8) is 0 Å². The van der Waals surface area contributed by atoms with Gasteiger partial charge in [0.05, 0.1) is 5.60 Å². The minimum Gasteiger partial charge on any atom is -0.385 e. The van der Waals surface area contributed by atoms with E-state index in [4.69, 9.17) is 0 Å². The fraction of sp³-hybridized carbons (Fsp3) is 0.462. The monoisotopic (exact) mass is 204 g/mol. The summed E-state index contributed by atoms with van der Waals surface area (Å²) in [6, 6.07) is 7.93. The van der Waals surface area contributed by atoms with E-state index < -0.39 is 5.60 Å². The quantitative estimate of drug-likeness (QED) is 0.762. The molecule has 80 valence electrons. The second kappa shape index (κ2) is 3.78. The fourth-order valence-electron chi connectivity index (χ4n) is 2.17. The molecule has 0 aromatic heterocycles. The van der Waals surface area contributed by atoms with Crippen LogP contribution < -0.4 is 0 Å². The lowest BCUT2D eigenvalue weighted by molar-refractivity contribution is -0.125. The second-order valence-corrected chi connectivity index (χ2v) is 4.44. The minimum atomic E-state index is -0.778. The first kappa shape index (κ1) is 10.4. The Labute approximate surface area is 89.9 Å². The summed E-state index contributed by atoms with van der Waals surface area (Å²) in [6.45, 7) is 2.01. The van der Waals surface area contributed by atoms with Crippen LogP contribution in [-0.2, 0) is 10.4 Å². The van der Waals surface area contributed by atoms with Crippen molar-refractivity contribution in [3.05, 3.63) is 35.4 Å². The van der Waals surface area contributed by atoms with Crippen LogP contribution in [0.1, 0.15) is 36.8 Å². The Morgan fingerprint density at radius 1 is 1.27 bits per heavy atom. The van der Waals surface area contributed by atoms with Gasteiger partial charge in [-0.05, 0) is 25.3 Å². The third-order valence-electron chi connectivity index (χ3n) is 3.19. The molecule has 2 heteroatoms. The normalized spacial score (nSPS) is 20.3. The van der Waals surface area contributed by atoms with E-state index in [1.807, 2.05) is 31.2 Å². The molecule has 1 saturated carbocycles. The lowest BCUT2D eigenvalue weighted by Gasteiger charge is -2.32. The summed E-state index contributed by atoms with van der Waals surface area (Å²) in [7, 11) is 0. The van der Waals surface area contributed by atoms with Crippen LogP contribution in [0.2, 0.25) is 0 Å². The molecule has 0 bridgehead atoms. The van der Waals surface area contributed by atoms with E-state index in [9.17, 15) is 9.90 Å². The van der Waals surface area contributed by atoms with Crippen molar-refractivity contribution in [2.24, 2.45) is 0 Å². The molecular formula is C13H16O2. The summed E-state index contributed by atoms with van der Waals surface area (Å²) in [4.78, 5) is 11.1. The van der Waals surface area contributed by atoms with E-state index in [0.717, 1.165) is 11.1 Å². The first-order chi connectivity index (χ1) is 7.10. The van der Waals surface area contributed by atoms with E-state index in [-0.39, 0.29) is 5.78 Å². The van der Waals surface area contributed by atoms with Gasteiger partial charge >= 0.3 is 0 Å². The zero-order valence-electron chi connectivity index (χ0n) is 8.99. The van der Waals surface area contributed by atoms with Gasteiger partial charge in [-0.1, -0.05) is 29.8 Å². The van der Waals surface area contributed by atoms with Gasteiger partial charge in [0.25, 0.3) is 0 Å². The highest BCUT2D eigenvalue weighted by Gasteiger charge is 2.33. The Bertz CT molecular complexity index is 372. The van der Waals surface area contributed by atoms with Crippen LogP contribution in [0.5, 0.6) is 0 Å². The molecule has 0 radical (unpaired) electrons. The van der Waals surface area contributed by atoms with E-state index >= 15 is 0 Å². The van der Waals surface area contributed by atoms with Crippen LogP contribution >= 0.6 is 0 Å². The smallest absolute Gasteiger partial charge is 0.133 e.